The van der Waals surface area contributed by atoms with Crippen LogP contribution in [-0.2, 0) is 19.0 Å². The number of esters is 1. The summed E-state index contributed by atoms with van der Waals surface area (Å²) in [6.45, 7) is 2.77. The first-order valence-electron chi connectivity index (χ1n) is 6.70. The number of aliphatic hydroxyl groups is 4. The second kappa shape index (κ2) is 6.39. The van der Waals surface area contributed by atoms with E-state index in [9.17, 15) is 20.1 Å². The van der Waals surface area contributed by atoms with E-state index in [1.165, 1.54) is 6.08 Å². The van der Waals surface area contributed by atoms with Crippen molar-refractivity contribution in [1.82, 2.24) is 0 Å². The summed E-state index contributed by atoms with van der Waals surface area (Å²) in [4.78, 5) is 11.2. The predicted octanol–water partition coefficient (Wildman–Crippen LogP) is -1.94. The molecule has 2 rings (SSSR count). The van der Waals surface area contributed by atoms with Crippen molar-refractivity contribution in [2.45, 2.75) is 56.8 Å². The number of cyclic esters (lactones) is 1. The summed E-state index contributed by atoms with van der Waals surface area (Å²) in [6, 6.07) is 0. The first-order chi connectivity index (χ1) is 9.85. The molecule has 0 amide bonds. The Hall–Kier alpha value is -1.03. The van der Waals surface area contributed by atoms with Gasteiger partial charge in [0.05, 0.1) is 6.61 Å². The predicted molar refractivity (Wildman–Crippen MR) is 68.0 cm³/mol. The number of carbonyl (C=O) groups is 1. The molecule has 0 radical (unpaired) electrons. The Morgan fingerprint density at radius 2 is 1.90 bits per heavy atom. The Morgan fingerprint density at radius 1 is 1.24 bits per heavy atom. The zero-order valence-corrected chi connectivity index (χ0v) is 11.7. The maximum absolute atomic E-state index is 11.2. The van der Waals surface area contributed by atoms with Crippen molar-refractivity contribution in [3.05, 3.63) is 11.6 Å². The number of hydrogen-bond donors (Lipinski definition) is 4. The summed E-state index contributed by atoms with van der Waals surface area (Å²) >= 11 is 0. The van der Waals surface area contributed by atoms with Crippen LogP contribution in [0.5, 0.6) is 0 Å². The van der Waals surface area contributed by atoms with E-state index in [-0.39, 0.29) is 0 Å². The van der Waals surface area contributed by atoms with Gasteiger partial charge in [0.1, 0.15) is 36.6 Å². The van der Waals surface area contributed by atoms with Gasteiger partial charge in [0.15, 0.2) is 6.29 Å². The van der Waals surface area contributed by atoms with Gasteiger partial charge in [0.2, 0.25) is 0 Å². The van der Waals surface area contributed by atoms with Crippen molar-refractivity contribution in [3.63, 3.8) is 0 Å². The van der Waals surface area contributed by atoms with Crippen molar-refractivity contribution < 1.29 is 39.4 Å². The molecule has 0 unspecified atom stereocenters. The van der Waals surface area contributed by atoms with Gasteiger partial charge in [0, 0.05) is 6.08 Å². The molecule has 0 aromatic rings. The molecule has 4 N–H and O–H groups in total. The number of carbonyl (C=O) groups excluding carboxylic acids is 1. The fraction of sp³-hybridized carbons (Fsp3) is 0.769. The van der Waals surface area contributed by atoms with Gasteiger partial charge in [0.25, 0.3) is 0 Å². The second-order valence-corrected chi connectivity index (χ2v) is 5.28. The third-order valence-corrected chi connectivity index (χ3v) is 3.65. The Labute approximate surface area is 121 Å². The summed E-state index contributed by atoms with van der Waals surface area (Å²) in [5, 5.41) is 38.4. The quantitative estimate of drug-likeness (QED) is 0.444. The van der Waals surface area contributed by atoms with Gasteiger partial charge >= 0.3 is 5.97 Å². The van der Waals surface area contributed by atoms with Crippen LogP contribution in [0.15, 0.2) is 11.6 Å². The molecular weight excluding hydrogens is 284 g/mol. The SMILES string of the molecule is CC1=CC(=O)O[C@H](C)[C@H]1O[C@@H]1O[C@H](CO)[C@@H](O)[C@H](O)[C@H]1O. The molecule has 8 heteroatoms. The number of aliphatic hydroxyl groups excluding tert-OH is 4. The molecule has 1 fully saturated rings. The molecule has 120 valence electrons. The second-order valence-electron chi connectivity index (χ2n) is 5.28. The zero-order valence-electron chi connectivity index (χ0n) is 11.7. The van der Waals surface area contributed by atoms with Gasteiger partial charge in [-0.05, 0) is 19.4 Å². The number of hydrogen-bond acceptors (Lipinski definition) is 8. The molecule has 0 aliphatic carbocycles. The summed E-state index contributed by atoms with van der Waals surface area (Å²) in [7, 11) is 0. The van der Waals surface area contributed by atoms with E-state index in [0.29, 0.717) is 5.57 Å². The molecule has 2 aliphatic rings. The highest BCUT2D eigenvalue weighted by Gasteiger charge is 2.45. The van der Waals surface area contributed by atoms with E-state index in [1.54, 1.807) is 13.8 Å². The van der Waals surface area contributed by atoms with Crippen LogP contribution in [0.4, 0.5) is 0 Å². The van der Waals surface area contributed by atoms with Crippen LogP contribution in [0.3, 0.4) is 0 Å². The summed E-state index contributed by atoms with van der Waals surface area (Å²) in [5.41, 5.74) is 0.593. The molecular formula is C13H20O8. The van der Waals surface area contributed by atoms with Gasteiger partial charge in [-0.25, -0.2) is 4.79 Å². The van der Waals surface area contributed by atoms with Crippen LogP contribution >= 0.6 is 0 Å². The van der Waals surface area contributed by atoms with E-state index in [2.05, 4.69) is 0 Å². The smallest absolute Gasteiger partial charge is 0.331 e. The minimum atomic E-state index is -1.51. The molecule has 0 aromatic carbocycles. The zero-order chi connectivity index (χ0) is 15.7. The monoisotopic (exact) mass is 304 g/mol. The lowest BCUT2D eigenvalue weighted by Gasteiger charge is -2.42. The van der Waals surface area contributed by atoms with Crippen molar-refractivity contribution in [2.24, 2.45) is 0 Å². The number of rotatable bonds is 3. The molecule has 1 saturated heterocycles. The molecule has 8 nitrogen and oxygen atoms in total. The molecule has 2 heterocycles. The van der Waals surface area contributed by atoms with Crippen LogP contribution in [0, 0.1) is 0 Å². The highest BCUT2D eigenvalue weighted by atomic mass is 16.7. The molecule has 2 aliphatic heterocycles. The average Bonchev–Trinajstić information content (AvgIpc) is 2.42. The first-order valence-corrected chi connectivity index (χ1v) is 6.70. The molecule has 7 atom stereocenters. The van der Waals surface area contributed by atoms with Crippen molar-refractivity contribution in [1.29, 1.82) is 0 Å². The molecule has 0 aromatic heterocycles. The Kier molecular flexibility index (Phi) is 4.97. The van der Waals surface area contributed by atoms with Crippen LogP contribution in [-0.4, -0.2) is 75.9 Å². The summed E-state index contributed by atoms with van der Waals surface area (Å²) in [6.07, 6.45) is -6.70. The van der Waals surface area contributed by atoms with Crippen molar-refractivity contribution in [3.8, 4) is 0 Å². The van der Waals surface area contributed by atoms with Gasteiger partial charge in [-0.1, -0.05) is 0 Å². The fourth-order valence-corrected chi connectivity index (χ4v) is 2.46. The van der Waals surface area contributed by atoms with E-state index in [4.69, 9.17) is 19.3 Å². The fourth-order valence-electron chi connectivity index (χ4n) is 2.46. The van der Waals surface area contributed by atoms with Crippen LogP contribution in [0.2, 0.25) is 0 Å². The van der Waals surface area contributed by atoms with Crippen LogP contribution < -0.4 is 0 Å². The topological polar surface area (TPSA) is 126 Å². The van der Waals surface area contributed by atoms with Crippen LogP contribution in [0.25, 0.3) is 0 Å². The lowest BCUT2D eigenvalue weighted by atomic mass is 9.98. The standard InChI is InChI=1S/C13H20O8/c1-5-3-8(15)19-6(2)12(5)21-13-11(18)10(17)9(16)7(4-14)20-13/h3,6-7,9-14,16-18H,4H2,1-2H3/t6-,7-,9-,10+,11-,12+,13+/m1/s1. The summed E-state index contributed by atoms with van der Waals surface area (Å²) in [5.74, 6) is -0.478. The van der Waals surface area contributed by atoms with Crippen molar-refractivity contribution in [2.75, 3.05) is 6.61 Å². The highest BCUT2D eigenvalue weighted by Crippen LogP contribution is 2.27. The lowest BCUT2D eigenvalue weighted by molar-refractivity contribution is -0.313. The number of ether oxygens (including phenoxy) is 3. The largest absolute Gasteiger partial charge is 0.456 e. The van der Waals surface area contributed by atoms with Gasteiger partial charge < -0.3 is 34.6 Å². The minimum absolute atomic E-state index is 0.478. The van der Waals surface area contributed by atoms with Crippen molar-refractivity contribution >= 4 is 5.97 Å². The highest BCUT2D eigenvalue weighted by molar-refractivity contribution is 5.84. The summed E-state index contributed by atoms with van der Waals surface area (Å²) < 4.78 is 15.8. The Morgan fingerprint density at radius 3 is 2.48 bits per heavy atom. The van der Waals surface area contributed by atoms with Crippen LogP contribution in [0.1, 0.15) is 13.8 Å². The van der Waals surface area contributed by atoms with E-state index in [1.807, 2.05) is 0 Å². The molecule has 21 heavy (non-hydrogen) atoms. The maximum atomic E-state index is 11.2. The third-order valence-electron chi connectivity index (χ3n) is 3.65. The third kappa shape index (κ3) is 3.25. The first kappa shape index (κ1) is 16.3. The Bertz CT molecular complexity index is 420. The van der Waals surface area contributed by atoms with E-state index >= 15 is 0 Å². The van der Waals surface area contributed by atoms with Gasteiger partial charge in [-0.15, -0.1) is 0 Å². The molecule has 0 bridgehead atoms. The average molecular weight is 304 g/mol. The minimum Gasteiger partial charge on any atom is -0.456 e. The van der Waals surface area contributed by atoms with Gasteiger partial charge in [-0.3, -0.25) is 0 Å². The molecule has 0 saturated carbocycles. The maximum Gasteiger partial charge on any atom is 0.331 e. The normalized spacial score (nSPS) is 44.2. The van der Waals surface area contributed by atoms with E-state index < -0.39 is 55.5 Å². The lowest BCUT2D eigenvalue weighted by Crippen LogP contribution is -2.60. The molecule has 0 spiro atoms. The van der Waals surface area contributed by atoms with E-state index in [0.717, 1.165) is 0 Å². The van der Waals surface area contributed by atoms with Gasteiger partial charge in [-0.2, -0.15) is 0 Å². The Balaban J connectivity index is 2.11.